The minimum atomic E-state index is -0.987. The van der Waals surface area contributed by atoms with Crippen LogP contribution in [0.5, 0.6) is 34.5 Å². The molecular weight excluding hydrogens is 1050 g/mol. The molecule has 0 saturated heterocycles. The molecule has 0 atom stereocenters. The van der Waals surface area contributed by atoms with Gasteiger partial charge >= 0.3 is 63.3 Å². The van der Waals surface area contributed by atoms with Gasteiger partial charge in [0, 0.05) is 60.1 Å². The van der Waals surface area contributed by atoms with Gasteiger partial charge in [-0.2, -0.15) is 0 Å². The Morgan fingerprint density at radius 3 is 1.34 bits per heavy atom. The standard InChI is InChI=1S/C22H21NO4.C14H18O5.C12H14O5.C9H8N2.C2H6O.K.H2O/c1-26-20-11-8-17(14-21(20)27-2)19(24)10-12-22(25)23-18-9-7-15-5-3-4-6-16(15)13-18;1-4-19-14(16)8-6-11(15)10-5-7-12(17-2)13(9-10)18-3;1-16-10-5-3-8(7-11(10)17-2)9(13)4-6-12(14)15;10-9-6-5-7-3-1-2-4-8(7)11-9;1-2-3;;/h3-9,11,13-14H,10,12H2,1-2H3,(H,23,25);5,7,9H,4,6,8H2,1-3H3;3,5,7H,4,6H2,1-2H3,(H,14,15);1-6H,(H2,10,11);3H,2H2,1H3;;1H2/q;;;;;+1;/p-1. The van der Waals surface area contributed by atoms with Crippen molar-refractivity contribution in [3.8, 4) is 34.5 Å². The summed E-state index contributed by atoms with van der Waals surface area (Å²) in [5.74, 6) is 1.63. The maximum atomic E-state index is 12.4. The summed E-state index contributed by atoms with van der Waals surface area (Å²) in [6.07, 6.45) is 0.238. The average molecular weight is 1110 g/mol. The minimum absolute atomic E-state index is 0. The molecule has 0 radical (unpaired) electrons. The zero-order chi connectivity index (χ0) is 56.7. The molecule has 416 valence electrons. The molecule has 0 unspecified atom stereocenters. The largest absolute Gasteiger partial charge is 1.00 e. The number of nitrogens with two attached hydrogens (primary N) is 1. The SMILES string of the molecule is CCO.CCOC(=O)CCC(=O)c1ccc(OC)c(OC)c1.COc1ccc(C(=O)CCC(=O)Nc2ccc3ccccc3c2)cc1OC.COc1ccc(C(=O)CCC(=O)O)cc1OC.Nc1ccc2ccccc2n1.[K+].[OH-]. The summed E-state index contributed by atoms with van der Waals surface area (Å²) in [5, 5.41) is 22.2. The quantitative estimate of drug-likeness (QED) is 0.0337. The van der Waals surface area contributed by atoms with E-state index in [1.54, 1.807) is 68.4 Å². The Hall–Kier alpha value is -7.43. The van der Waals surface area contributed by atoms with E-state index in [9.17, 15) is 28.8 Å². The Kier molecular flexibility index (Phi) is 33.6. The number of Topliss-reactive ketones (excluding diaryl/α,β-unsaturated/α-hetero) is 3. The monoisotopic (exact) mass is 1110 g/mol. The van der Waals surface area contributed by atoms with Gasteiger partial charge in [0.05, 0.1) is 67.6 Å². The number of rotatable bonds is 20. The smallest absolute Gasteiger partial charge is 0.870 e. The second kappa shape index (κ2) is 38.2. The molecule has 1 aromatic heterocycles. The van der Waals surface area contributed by atoms with Crippen LogP contribution < -0.4 is 90.9 Å². The third-order valence-electron chi connectivity index (χ3n) is 10.8. The summed E-state index contributed by atoms with van der Waals surface area (Å²) in [6.45, 7) is 3.98. The maximum absolute atomic E-state index is 12.4. The normalized spacial score (nSPS) is 9.68. The molecular formula is C59H68KN3O16. The number of hydrogen-bond acceptors (Lipinski definition) is 17. The summed E-state index contributed by atoms with van der Waals surface area (Å²) >= 11 is 0. The van der Waals surface area contributed by atoms with E-state index < -0.39 is 5.97 Å². The number of carbonyl (C=O) groups excluding carboxylic acids is 5. The number of aliphatic hydroxyl groups is 1. The van der Waals surface area contributed by atoms with E-state index >= 15 is 0 Å². The fraction of sp³-hybridized carbons (Fsp3) is 0.271. The molecule has 7 aromatic rings. The number of methoxy groups -OCH3 is 6. The molecule has 1 heterocycles. The molecule has 0 bridgehead atoms. The fourth-order valence-corrected chi connectivity index (χ4v) is 6.93. The first-order valence-electron chi connectivity index (χ1n) is 24.2. The van der Waals surface area contributed by atoms with Gasteiger partial charge in [-0.1, -0.05) is 48.5 Å². The molecule has 79 heavy (non-hydrogen) atoms. The van der Waals surface area contributed by atoms with Crippen LogP contribution in [-0.2, 0) is 19.1 Å². The van der Waals surface area contributed by atoms with Crippen LogP contribution in [0.25, 0.3) is 21.7 Å². The van der Waals surface area contributed by atoms with Crippen molar-refractivity contribution in [2.45, 2.75) is 52.4 Å². The number of carboxylic acids is 1. The summed E-state index contributed by atoms with van der Waals surface area (Å²) in [7, 11) is 9.07. The number of ketones is 3. The van der Waals surface area contributed by atoms with E-state index in [-0.39, 0.29) is 131 Å². The predicted octanol–water partition coefficient (Wildman–Crippen LogP) is 7.08. The number of amides is 1. The number of para-hydroxylation sites is 1. The van der Waals surface area contributed by atoms with E-state index in [2.05, 4.69) is 10.3 Å². The van der Waals surface area contributed by atoms with Crippen LogP contribution in [-0.4, -0.2) is 112 Å². The number of aromatic nitrogens is 1. The number of aliphatic carboxylic acids is 1. The second-order valence-electron chi connectivity index (χ2n) is 16.0. The molecule has 0 saturated carbocycles. The summed E-state index contributed by atoms with van der Waals surface area (Å²) in [6, 6.07) is 40.0. The van der Waals surface area contributed by atoms with Gasteiger partial charge in [0.1, 0.15) is 5.82 Å². The fourth-order valence-electron chi connectivity index (χ4n) is 6.93. The van der Waals surface area contributed by atoms with Crippen molar-refractivity contribution < 1.29 is 129 Å². The first-order valence-corrected chi connectivity index (χ1v) is 24.2. The molecule has 6 aromatic carbocycles. The molecule has 6 N–H and O–H groups in total. The topological polar surface area (TPSA) is 288 Å². The molecule has 7 rings (SSSR count). The number of pyridine rings is 1. The Morgan fingerprint density at radius 2 is 0.899 bits per heavy atom. The number of benzene rings is 6. The summed E-state index contributed by atoms with van der Waals surface area (Å²) in [5.41, 5.74) is 8.58. The van der Waals surface area contributed by atoms with Gasteiger partial charge in [0.25, 0.3) is 0 Å². The number of carboxylic acid groups (broad SMARTS) is 1. The average Bonchev–Trinajstić information content (AvgIpc) is 3.45. The molecule has 0 spiro atoms. The Balaban J connectivity index is 0.000000534. The molecule has 20 heteroatoms. The zero-order valence-electron chi connectivity index (χ0n) is 46.0. The Labute approximate surface area is 502 Å². The van der Waals surface area contributed by atoms with Crippen LogP contribution >= 0.6 is 0 Å². The van der Waals surface area contributed by atoms with Gasteiger partial charge in [-0.3, -0.25) is 28.8 Å². The van der Waals surface area contributed by atoms with E-state index in [1.807, 2.05) is 78.9 Å². The molecule has 19 nitrogen and oxygen atoms in total. The number of anilines is 2. The molecule has 0 aliphatic heterocycles. The molecule has 0 aliphatic rings. The third kappa shape index (κ3) is 24.0. The van der Waals surface area contributed by atoms with Crippen LogP contribution in [0.4, 0.5) is 11.5 Å². The number of nitrogens with zero attached hydrogens (tertiary/aromatic N) is 1. The molecule has 1 amide bonds. The first kappa shape index (κ1) is 69.6. The molecule has 0 aliphatic carbocycles. The second-order valence-corrected chi connectivity index (χ2v) is 16.0. The van der Waals surface area contributed by atoms with E-state index in [0.717, 1.165) is 27.4 Å². The van der Waals surface area contributed by atoms with Gasteiger partial charge in [-0.25, -0.2) is 4.98 Å². The van der Waals surface area contributed by atoms with Crippen LogP contribution in [0.1, 0.15) is 83.4 Å². The first-order chi connectivity index (χ1) is 37.1. The van der Waals surface area contributed by atoms with Crippen molar-refractivity contribution in [3.05, 3.63) is 150 Å². The Bertz CT molecular complexity index is 3060. The van der Waals surface area contributed by atoms with Crippen LogP contribution in [0.2, 0.25) is 0 Å². The van der Waals surface area contributed by atoms with E-state index in [1.165, 1.54) is 42.7 Å². The number of nitrogens with one attached hydrogen (secondary N) is 1. The third-order valence-corrected chi connectivity index (χ3v) is 10.8. The number of aliphatic hydroxyl groups excluding tert-OH is 1. The van der Waals surface area contributed by atoms with Crippen LogP contribution in [0.3, 0.4) is 0 Å². The van der Waals surface area contributed by atoms with Crippen molar-refractivity contribution in [2.75, 3.05) is 66.9 Å². The zero-order valence-corrected chi connectivity index (χ0v) is 49.2. The van der Waals surface area contributed by atoms with Crippen molar-refractivity contribution in [1.29, 1.82) is 0 Å². The number of fused-ring (bicyclic) bond motifs is 2. The van der Waals surface area contributed by atoms with Gasteiger partial charge in [-0.15, -0.1) is 0 Å². The van der Waals surface area contributed by atoms with Crippen molar-refractivity contribution in [2.24, 2.45) is 0 Å². The molecule has 0 fully saturated rings. The number of carbonyl (C=O) groups is 6. The van der Waals surface area contributed by atoms with Crippen molar-refractivity contribution in [1.82, 2.24) is 4.98 Å². The van der Waals surface area contributed by atoms with E-state index in [0.29, 0.717) is 63.6 Å². The van der Waals surface area contributed by atoms with Crippen LogP contribution in [0, 0.1) is 0 Å². The van der Waals surface area contributed by atoms with Gasteiger partial charge in [-0.05, 0) is 110 Å². The van der Waals surface area contributed by atoms with Crippen molar-refractivity contribution >= 4 is 68.4 Å². The number of nitrogen functional groups attached to an aromatic ring is 1. The number of hydrogen-bond donors (Lipinski definition) is 4. The van der Waals surface area contributed by atoms with Gasteiger partial charge in [0.15, 0.2) is 51.8 Å². The van der Waals surface area contributed by atoms with Gasteiger partial charge in [0.2, 0.25) is 5.91 Å². The minimum Gasteiger partial charge on any atom is -0.870 e. The summed E-state index contributed by atoms with van der Waals surface area (Å²) < 4.78 is 35.5. The number of ether oxygens (including phenoxy) is 7. The van der Waals surface area contributed by atoms with Crippen LogP contribution in [0.15, 0.2) is 133 Å². The number of esters is 1. The summed E-state index contributed by atoms with van der Waals surface area (Å²) in [4.78, 5) is 73.8. The van der Waals surface area contributed by atoms with Crippen molar-refractivity contribution in [3.63, 3.8) is 0 Å². The Morgan fingerprint density at radius 1 is 0.494 bits per heavy atom. The van der Waals surface area contributed by atoms with E-state index in [4.69, 9.17) is 49.1 Å². The predicted molar refractivity (Wildman–Crippen MR) is 297 cm³/mol. The maximum Gasteiger partial charge on any atom is 1.00 e. The van der Waals surface area contributed by atoms with Gasteiger partial charge < -0.3 is 59.9 Å².